The van der Waals surface area contributed by atoms with E-state index in [0.29, 0.717) is 6.41 Å². The predicted octanol–water partition coefficient (Wildman–Crippen LogP) is -0.891. The van der Waals surface area contributed by atoms with Crippen molar-refractivity contribution in [3.63, 3.8) is 0 Å². The van der Waals surface area contributed by atoms with Crippen molar-refractivity contribution in [3.8, 4) is 5.88 Å². The molecule has 0 bridgehead atoms. The van der Waals surface area contributed by atoms with Crippen LogP contribution in [0.3, 0.4) is 0 Å². The Bertz CT molecular complexity index is 172. The SMILES string of the molecule is O=CNOc1conn1. The lowest BCUT2D eigenvalue weighted by Gasteiger charge is -1.91. The molecule has 0 spiro atoms. The van der Waals surface area contributed by atoms with Crippen LogP contribution in [0.5, 0.6) is 5.88 Å². The number of hydroxylamine groups is 1. The summed E-state index contributed by atoms with van der Waals surface area (Å²) >= 11 is 0. The van der Waals surface area contributed by atoms with Crippen LogP contribution in [0.25, 0.3) is 0 Å². The topological polar surface area (TPSA) is 77.2 Å². The van der Waals surface area contributed by atoms with E-state index in [1.54, 1.807) is 0 Å². The summed E-state index contributed by atoms with van der Waals surface area (Å²) in [5, 5.41) is 6.36. The third-order valence-corrected chi connectivity index (χ3v) is 0.552. The van der Waals surface area contributed by atoms with Crippen molar-refractivity contribution in [2.24, 2.45) is 0 Å². The van der Waals surface area contributed by atoms with Gasteiger partial charge in [0, 0.05) is 5.27 Å². The molecule has 0 atom stereocenters. The molecule has 0 fully saturated rings. The smallest absolute Gasteiger partial charge is 0.305 e. The summed E-state index contributed by atoms with van der Waals surface area (Å²) in [4.78, 5) is 14.0. The molecule has 0 aromatic carbocycles. The summed E-state index contributed by atoms with van der Waals surface area (Å²) in [6.07, 6.45) is 1.52. The summed E-state index contributed by atoms with van der Waals surface area (Å²) in [5.74, 6) is 0.113. The van der Waals surface area contributed by atoms with Crippen molar-refractivity contribution < 1.29 is 14.2 Å². The minimum atomic E-state index is 0.113. The van der Waals surface area contributed by atoms with Gasteiger partial charge in [0.15, 0.2) is 6.26 Å². The average molecular weight is 129 g/mol. The maximum atomic E-state index is 9.59. The Morgan fingerprint density at radius 3 is 3.33 bits per heavy atom. The second-order valence-electron chi connectivity index (χ2n) is 1.08. The standard InChI is InChI=1S/C3H3N3O3/c7-2-4-9-3-1-8-6-5-3/h1-2H,(H,4,7). The highest BCUT2D eigenvalue weighted by Gasteiger charge is 1.94. The summed E-state index contributed by atoms with van der Waals surface area (Å²) in [6.45, 7) is 0. The first-order chi connectivity index (χ1) is 4.43. The first kappa shape index (κ1) is 5.54. The molecule has 0 aliphatic heterocycles. The van der Waals surface area contributed by atoms with Crippen molar-refractivity contribution in [2.45, 2.75) is 0 Å². The van der Waals surface area contributed by atoms with E-state index in [9.17, 15) is 4.79 Å². The van der Waals surface area contributed by atoms with Gasteiger partial charge >= 0.3 is 5.88 Å². The average Bonchev–Trinajstić information content (AvgIpc) is 2.34. The van der Waals surface area contributed by atoms with Gasteiger partial charge in [-0.15, -0.1) is 0 Å². The predicted molar refractivity (Wildman–Crippen MR) is 24.1 cm³/mol. The largest absolute Gasteiger partial charge is 0.354 e. The van der Waals surface area contributed by atoms with Gasteiger partial charge in [0.05, 0.1) is 0 Å². The Morgan fingerprint density at radius 1 is 1.89 bits per heavy atom. The van der Waals surface area contributed by atoms with Crippen LogP contribution in [0.1, 0.15) is 0 Å². The van der Waals surface area contributed by atoms with E-state index >= 15 is 0 Å². The summed E-state index contributed by atoms with van der Waals surface area (Å²) in [7, 11) is 0. The number of hydrogen-bond donors (Lipinski definition) is 1. The first-order valence-electron chi connectivity index (χ1n) is 2.06. The number of hydrogen-bond acceptors (Lipinski definition) is 5. The van der Waals surface area contributed by atoms with E-state index in [2.05, 4.69) is 19.7 Å². The molecule has 1 N–H and O–H groups in total. The second kappa shape index (κ2) is 2.65. The van der Waals surface area contributed by atoms with Crippen LogP contribution in [0.4, 0.5) is 0 Å². The Balaban J connectivity index is 2.38. The number of carbonyl (C=O) groups is 1. The molecule has 6 nitrogen and oxygen atoms in total. The van der Waals surface area contributed by atoms with Crippen LogP contribution in [0.15, 0.2) is 10.8 Å². The maximum Gasteiger partial charge on any atom is 0.305 e. The Hall–Kier alpha value is -1.59. The van der Waals surface area contributed by atoms with Crippen LogP contribution in [-0.2, 0) is 4.79 Å². The highest BCUT2D eigenvalue weighted by atomic mass is 16.7. The maximum absolute atomic E-state index is 9.59. The number of aromatic nitrogens is 2. The van der Waals surface area contributed by atoms with Gasteiger partial charge in [-0.3, -0.25) is 4.79 Å². The van der Waals surface area contributed by atoms with Crippen molar-refractivity contribution in [3.05, 3.63) is 6.26 Å². The zero-order valence-corrected chi connectivity index (χ0v) is 4.27. The van der Waals surface area contributed by atoms with Gasteiger partial charge in [-0.1, -0.05) is 5.10 Å². The second-order valence-corrected chi connectivity index (χ2v) is 1.08. The molecule has 0 unspecified atom stereocenters. The number of nitrogens with one attached hydrogen (secondary N) is 1. The van der Waals surface area contributed by atoms with E-state index in [4.69, 9.17) is 0 Å². The molecule has 0 saturated carbocycles. The summed E-state index contributed by atoms with van der Waals surface area (Å²) in [5.41, 5.74) is 1.91. The molecule has 1 aromatic heterocycles. The monoisotopic (exact) mass is 129 g/mol. The lowest BCUT2D eigenvalue weighted by atomic mass is 10.9. The van der Waals surface area contributed by atoms with Gasteiger partial charge in [-0.2, -0.15) is 5.48 Å². The molecule has 1 aromatic rings. The normalized spacial score (nSPS) is 8.44. The molecule has 9 heavy (non-hydrogen) atoms. The zero-order chi connectivity index (χ0) is 6.53. The molecule has 0 aliphatic rings. The van der Waals surface area contributed by atoms with Gasteiger partial charge in [0.1, 0.15) is 0 Å². The van der Waals surface area contributed by atoms with Crippen molar-refractivity contribution in [2.75, 3.05) is 0 Å². The zero-order valence-electron chi connectivity index (χ0n) is 4.27. The van der Waals surface area contributed by atoms with Crippen molar-refractivity contribution in [1.29, 1.82) is 0 Å². The fourth-order valence-corrected chi connectivity index (χ4v) is 0.285. The third-order valence-electron chi connectivity index (χ3n) is 0.552. The van der Waals surface area contributed by atoms with Gasteiger partial charge in [-0.25, -0.2) is 0 Å². The number of rotatable bonds is 3. The van der Waals surface area contributed by atoms with Gasteiger partial charge in [-0.05, 0) is 0 Å². The van der Waals surface area contributed by atoms with Crippen molar-refractivity contribution in [1.82, 2.24) is 15.9 Å². The van der Waals surface area contributed by atoms with E-state index in [1.165, 1.54) is 0 Å². The minimum absolute atomic E-state index is 0.113. The van der Waals surface area contributed by atoms with E-state index < -0.39 is 0 Å². The van der Waals surface area contributed by atoms with E-state index in [0.717, 1.165) is 6.26 Å². The number of amides is 1. The third kappa shape index (κ3) is 1.41. The molecular formula is C3H3N3O3. The fraction of sp³-hybridized carbons (Fsp3) is 0. The number of carbonyl (C=O) groups excluding carboxylic acids is 1. The molecule has 1 heterocycles. The molecule has 1 rings (SSSR count). The number of nitrogens with zero attached hydrogens (tertiary/aromatic N) is 2. The van der Waals surface area contributed by atoms with Crippen LogP contribution in [0, 0.1) is 0 Å². The lowest BCUT2D eigenvalue weighted by Crippen LogP contribution is -2.15. The van der Waals surface area contributed by atoms with E-state index in [1.807, 2.05) is 5.48 Å². The Labute approximate surface area is 49.7 Å². The van der Waals surface area contributed by atoms with Crippen LogP contribution in [0.2, 0.25) is 0 Å². The molecule has 0 saturated heterocycles. The van der Waals surface area contributed by atoms with Gasteiger partial charge < -0.3 is 9.36 Å². The first-order valence-corrected chi connectivity index (χ1v) is 2.06. The molecule has 0 aliphatic carbocycles. The molecule has 1 amide bonds. The highest BCUT2D eigenvalue weighted by molar-refractivity contribution is 5.44. The van der Waals surface area contributed by atoms with Crippen molar-refractivity contribution >= 4 is 6.41 Å². The molecule has 6 heteroatoms. The molecular weight excluding hydrogens is 126 g/mol. The Morgan fingerprint density at radius 2 is 2.78 bits per heavy atom. The van der Waals surface area contributed by atoms with Crippen LogP contribution < -0.4 is 10.3 Å². The highest BCUT2D eigenvalue weighted by Crippen LogP contribution is 1.98. The van der Waals surface area contributed by atoms with Gasteiger partial charge in [0.2, 0.25) is 6.41 Å². The summed E-state index contributed by atoms with van der Waals surface area (Å²) in [6, 6.07) is 0. The van der Waals surface area contributed by atoms with Gasteiger partial charge in [0.25, 0.3) is 0 Å². The van der Waals surface area contributed by atoms with E-state index in [-0.39, 0.29) is 5.88 Å². The minimum Gasteiger partial charge on any atom is -0.354 e. The molecule has 0 radical (unpaired) electrons. The summed E-state index contributed by atoms with van der Waals surface area (Å²) < 4.78 is 4.27. The quantitative estimate of drug-likeness (QED) is 0.423. The fourth-order valence-electron chi connectivity index (χ4n) is 0.285. The molecule has 48 valence electrons. The Kier molecular flexibility index (Phi) is 1.63. The van der Waals surface area contributed by atoms with Crippen LogP contribution >= 0.6 is 0 Å². The van der Waals surface area contributed by atoms with Crippen LogP contribution in [-0.4, -0.2) is 16.8 Å². The lowest BCUT2D eigenvalue weighted by molar-refractivity contribution is -0.115.